The van der Waals surface area contributed by atoms with E-state index in [9.17, 15) is 13.2 Å². The average molecular weight is 370 g/mol. The van der Waals surface area contributed by atoms with Crippen molar-refractivity contribution in [3.8, 4) is 5.75 Å². The molecule has 0 saturated carbocycles. The van der Waals surface area contributed by atoms with Crippen LogP contribution in [0.4, 0.5) is 13.2 Å². The van der Waals surface area contributed by atoms with Gasteiger partial charge in [-0.3, -0.25) is 0 Å². The van der Waals surface area contributed by atoms with Crippen LogP contribution in [-0.2, 0) is 0 Å². The molecule has 0 bridgehead atoms. The first-order valence-electron chi connectivity index (χ1n) is 6.58. The zero-order chi connectivity index (χ0) is 16.6. The van der Waals surface area contributed by atoms with E-state index in [1.54, 1.807) is 13.0 Å². The van der Waals surface area contributed by atoms with Gasteiger partial charge in [-0.05, 0) is 35.0 Å². The highest BCUT2D eigenvalue weighted by Gasteiger charge is 2.29. The lowest BCUT2D eigenvalue weighted by Gasteiger charge is -2.09. The first kappa shape index (κ1) is 19.7. The Morgan fingerprint density at radius 2 is 1.76 bits per heavy atom. The maximum Gasteiger partial charge on any atom is 0.422 e. The van der Waals surface area contributed by atoms with Crippen LogP contribution in [0, 0.1) is 6.92 Å². The molecule has 2 aromatic rings. The van der Waals surface area contributed by atoms with Gasteiger partial charge in [0.2, 0.25) is 4.73 Å². The standard InChI is InChI=1S/C9H7BrF3N3O.2C2H6/c1-5-2-3-6(17-4-9(11,12)13)7-14-8(10)15-16(5)7;2*1-2/h2-3H,4H2,1H3;2*1-2H3. The van der Waals surface area contributed by atoms with Crippen LogP contribution < -0.4 is 4.74 Å². The minimum Gasteiger partial charge on any atom is -0.480 e. The molecule has 2 aromatic heterocycles. The number of fused-ring (bicyclic) bond motifs is 1. The fourth-order valence-corrected chi connectivity index (χ4v) is 1.63. The summed E-state index contributed by atoms with van der Waals surface area (Å²) in [5, 5.41) is 3.98. The van der Waals surface area contributed by atoms with E-state index in [2.05, 4.69) is 30.7 Å². The largest absolute Gasteiger partial charge is 0.480 e. The molecule has 4 nitrogen and oxygen atoms in total. The predicted molar refractivity (Wildman–Crippen MR) is 79.7 cm³/mol. The second-order valence-electron chi connectivity index (χ2n) is 3.36. The number of aryl methyl sites for hydroxylation is 1. The second kappa shape index (κ2) is 8.86. The molecule has 21 heavy (non-hydrogen) atoms. The number of rotatable bonds is 2. The maximum absolute atomic E-state index is 12.0. The van der Waals surface area contributed by atoms with E-state index in [1.165, 1.54) is 10.6 Å². The lowest BCUT2D eigenvalue weighted by molar-refractivity contribution is -0.153. The van der Waals surface area contributed by atoms with Crippen molar-refractivity contribution in [2.24, 2.45) is 0 Å². The number of halogens is 4. The fraction of sp³-hybridized carbons (Fsp3) is 0.538. The van der Waals surface area contributed by atoms with E-state index in [1.807, 2.05) is 27.7 Å². The summed E-state index contributed by atoms with van der Waals surface area (Å²) in [6, 6.07) is 3.05. The van der Waals surface area contributed by atoms with Crippen molar-refractivity contribution in [3.05, 3.63) is 22.6 Å². The number of nitrogens with zero attached hydrogens (tertiary/aromatic N) is 3. The molecule has 120 valence electrons. The van der Waals surface area contributed by atoms with Crippen molar-refractivity contribution in [1.29, 1.82) is 0 Å². The number of alkyl halides is 3. The quantitative estimate of drug-likeness (QED) is 0.763. The molecule has 2 heterocycles. The Kier molecular flexibility index (Phi) is 8.31. The third kappa shape index (κ3) is 5.91. The summed E-state index contributed by atoms with van der Waals surface area (Å²) >= 11 is 3.06. The number of hydrogen-bond acceptors (Lipinski definition) is 3. The predicted octanol–water partition coefficient (Wildman–Crippen LogP) is 4.79. The van der Waals surface area contributed by atoms with Gasteiger partial charge in [-0.15, -0.1) is 5.10 Å². The van der Waals surface area contributed by atoms with Gasteiger partial charge >= 0.3 is 6.18 Å². The highest BCUT2D eigenvalue weighted by atomic mass is 79.9. The normalized spacial score (nSPS) is 10.3. The van der Waals surface area contributed by atoms with Crippen molar-refractivity contribution >= 4 is 21.6 Å². The highest BCUT2D eigenvalue weighted by Crippen LogP contribution is 2.23. The van der Waals surface area contributed by atoms with Gasteiger partial charge in [0.15, 0.2) is 18.0 Å². The van der Waals surface area contributed by atoms with E-state index < -0.39 is 12.8 Å². The van der Waals surface area contributed by atoms with Crippen LogP contribution in [0.2, 0.25) is 0 Å². The number of ether oxygens (including phenoxy) is 1. The molecule has 0 aliphatic heterocycles. The van der Waals surface area contributed by atoms with Crippen LogP contribution in [0.5, 0.6) is 5.75 Å². The van der Waals surface area contributed by atoms with Gasteiger partial charge in [0.25, 0.3) is 0 Å². The Bertz CT molecular complexity index is 555. The van der Waals surface area contributed by atoms with Crippen LogP contribution in [-0.4, -0.2) is 27.4 Å². The molecule has 0 aromatic carbocycles. The molecule has 0 N–H and O–H groups in total. The molecule has 0 saturated heterocycles. The Morgan fingerprint density at radius 1 is 1.19 bits per heavy atom. The molecule has 0 atom stereocenters. The SMILES string of the molecule is CC.CC.Cc1ccc(OCC(F)(F)F)c2nc(Br)nn12. The molecular weight excluding hydrogens is 351 g/mol. The van der Waals surface area contributed by atoms with Gasteiger partial charge in [-0.2, -0.15) is 18.2 Å². The van der Waals surface area contributed by atoms with Gasteiger partial charge in [0, 0.05) is 5.69 Å². The summed E-state index contributed by atoms with van der Waals surface area (Å²) in [7, 11) is 0. The first-order chi connectivity index (χ1) is 9.87. The minimum atomic E-state index is -4.38. The maximum atomic E-state index is 12.0. The third-order valence-corrected chi connectivity index (χ3v) is 2.34. The summed E-state index contributed by atoms with van der Waals surface area (Å²) in [5.41, 5.74) is 0.999. The van der Waals surface area contributed by atoms with E-state index in [4.69, 9.17) is 0 Å². The van der Waals surface area contributed by atoms with Gasteiger partial charge in [0.05, 0.1) is 0 Å². The molecule has 8 heteroatoms. The van der Waals surface area contributed by atoms with Crippen LogP contribution in [0.1, 0.15) is 33.4 Å². The van der Waals surface area contributed by atoms with Crippen LogP contribution in [0.3, 0.4) is 0 Å². The Labute approximate surface area is 130 Å². The highest BCUT2D eigenvalue weighted by molar-refractivity contribution is 9.10. The summed E-state index contributed by atoms with van der Waals surface area (Å²) in [6.45, 7) is 8.41. The van der Waals surface area contributed by atoms with Gasteiger partial charge < -0.3 is 4.74 Å². The van der Waals surface area contributed by atoms with Crippen molar-refractivity contribution in [2.75, 3.05) is 6.61 Å². The van der Waals surface area contributed by atoms with E-state index >= 15 is 0 Å². The monoisotopic (exact) mass is 369 g/mol. The molecule has 2 rings (SSSR count). The molecule has 0 spiro atoms. The summed E-state index contributed by atoms with van der Waals surface area (Å²) in [5.74, 6) is 0.0473. The van der Waals surface area contributed by atoms with Gasteiger partial charge in [0.1, 0.15) is 0 Å². The summed E-state index contributed by atoms with van der Waals surface area (Å²) < 4.78 is 42.5. The van der Waals surface area contributed by atoms with Crippen LogP contribution in [0.15, 0.2) is 16.9 Å². The molecule has 0 radical (unpaired) electrons. The Hall–Kier alpha value is -1.31. The Balaban J connectivity index is 0.000000921. The van der Waals surface area contributed by atoms with Crippen molar-refractivity contribution in [2.45, 2.75) is 40.8 Å². The van der Waals surface area contributed by atoms with Crippen molar-refractivity contribution in [1.82, 2.24) is 14.6 Å². The smallest absolute Gasteiger partial charge is 0.422 e. The molecule has 0 aliphatic carbocycles. The van der Waals surface area contributed by atoms with Crippen molar-refractivity contribution in [3.63, 3.8) is 0 Å². The molecule has 0 aliphatic rings. The minimum absolute atomic E-state index is 0.0473. The Morgan fingerprint density at radius 3 is 2.29 bits per heavy atom. The third-order valence-electron chi connectivity index (χ3n) is 2.00. The number of pyridine rings is 1. The summed E-state index contributed by atoms with van der Waals surface area (Å²) in [4.78, 5) is 3.95. The topological polar surface area (TPSA) is 39.4 Å². The van der Waals surface area contributed by atoms with Gasteiger partial charge in [-0.25, -0.2) is 4.52 Å². The van der Waals surface area contributed by atoms with E-state index in [0.29, 0.717) is 4.73 Å². The molecular formula is C13H19BrF3N3O. The zero-order valence-electron chi connectivity index (χ0n) is 12.6. The lowest BCUT2D eigenvalue weighted by atomic mass is 10.3. The average Bonchev–Trinajstić information content (AvgIpc) is 2.84. The fourth-order valence-electron chi connectivity index (χ4n) is 1.31. The first-order valence-corrected chi connectivity index (χ1v) is 7.37. The molecule has 0 amide bonds. The second-order valence-corrected chi connectivity index (χ2v) is 4.07. The van der Waals surface area contributed by atoms with Crippen molar-refractivity contribution < 1.29 is 17.9 Å². The number of aromatic nitrogens is 3. The van der Waals surface area contributed by atoms with Gasteiger partial charge in [-0.1, -0.05) is 27.7 Å². The molecule has 0 fully saturated rings. The van der Waals surface area contributed by atoms with Crippen LogP contribution >= 0.6 is 15.9 Å². The molecule has 0 unspecified atom stereocenters. The zero-order valence-corrected chi connectivity index (χ0v) is 14.2. The van der Waals surface area contributed by atoms with E-state index in [-0.39, 0.29) is 11.4 Å². The van der Waals surface area contributed by atoms with E-state index in [0.717, 1.165) is 5.69 Å². The summed E-state index contributed by atoms with van der Waals surface area (Å²) in [6.07, 6.45) is -4.38. The lowest BCUT2D eigenvalue weighted by Crippen LogP contribution is -2.19. The number of hydrogen-bond donors (Lipinski definition) is 0. The van der Waals surface area contributed by atoms with Crippen LogP contribution in [0.25, 0.3) is 5.65 Å².